The van der Waals surface area contributed by atoms with E-state index < -0.39 is 0 Å². The molecule has 0 amide bonds. The second-order valence-corrected chi connectivity index (χ2v) is 4.93. The Morgan fingerprint density at radius 2 is 2.47 bits per heavy atom. The van der Waals surface area contributed by atoms with Gasteiger partial charge in [-0.3, -0.25) is 4.90 Å². The summed E-state index contributed by atoms with van der Waals surface area (Å²) in [5.74, 6) is 0.711. The Labute approximate surface area is 101 Å². The maximum atomic E-state index is 5.66. The number of hydrogen-bond acceptors (Lipinski definition) is 4. The van der Waals surface area contributed by atoms with Crippen molar-refractivity contribution < 1.29 is 0 Å². The molecule has 0 saturated carbocycles. The molecule has 0 aliphatic carbocycles. The van der Waals surface area contributed by atoms with Crippen LogP contribution >= 0.6 is 23.7 Å². The molecule has 15 heavy (non-hydrogen) atoms. The summed E-state index contributed by atoms with van der Waals surface area (Å²) in [5.41, 5.74) is 8.78. The molecule has 1 atom stereocenters. The lowest BCUT2D eigenvalue weighted by Crippen LogP contribution is -2.22. The average Bonchev–Trinajstić information content (AvgIpc) is 2.77. The first-order valence-electron chi connectivity index (χ1n) is 5.11. The van der Waals surface area contributed by atoms with Gasteiger partial charge in [0.25, 0.3) is 0 Å². The molecule has 0 spiro atoms. The number of hydrogen-bond donors (Lipinski definition) is 1. The third kappa shape index (κ3) is 3.14. The number of nitrogens with two attached hydrogens (primary N) is 1. The predicted octanol–water partition coefficient (Wildman–Crippen LogP) is 1.65. The van der Waals surface area contributed by atoms with Gasteiger partial charge in [0.05, 0.1) is 11.2 Å². The standard InChI is InChI=1S/C10H17N3S.ClH/c1-8-10(14-7-12-8)6-13-3-2-9(4-11)5-13;/h7,9H,2-6,11H2,1H3;1H. The van der Waals surface area contributed by atoms with E-state index >= 15 is 0 Å². The molecule has 0 bridgehead atoms. The number of rotatable bonds is 3. The van der Waals surface area contributed by atoms with E-state index in [0.717, 1.165) is 19.6 Å². The molecule has 1 aromatic rings. The molecule has 1 saturated heterocycles. The average molecular weight is 248 g/mol. The molecule has 86 valence electrons. The van der Waals surface area contributed by atoms with Crippen molar-refractivity contribution in [3.05, 3.63) is 16.1 Å². The van der Waals surface area contributed by atoms with Gasteiger partial charge in [-0.05, 0) is 32.4 Å². The highest BCUT2D eigenvalue weighted by atomic mass is 35.5. The summed E-state index contributed by atoms with van der Waals surface area (Å²) < 4.78 is 0. The first-order valence-corrected chi connectivity index (χ1v) is 5.99. The van der Waals surface area contributed by atoms with E-state index in [1.165, 1.54) is 23.5 Å². The number of aromatic nitrogens is 1. The second-order valence-electron chi connectivity index (χ2n) is 3.99. The Balaban J connectivity index is 0.00000112. The molecule has 1 unspecified atom stereocenters. The fourth-order valence-corrected chi connectivity index (χ4v) is 2.75. The Morgan fingerprint density at radius 3 is 3.00 bits per heavy atom. The van der Waals surface area contributed by atoms with Crippen LogP contribution in [0, 0.1) is 12.8 Å². The van der Waals surface area contributed by atoms with Crippen LogP contribution < -0.4 is 5.73 Å². The van der Waals surface area contributed by atoms with Gasteiger partial charge in [0, 0.05) is 18.0 Å². The van der Waals surface area contributed by atoms with Crippen molar-refractivity contribution in [2.75, 3.05) is 19.6 Å². The Morgan fingerprint density at radius 1 is 1.67 bits per heavy atom. The highest BCUT2D eigenvalue weighted by Gasteiger charge is 2.21. The normalized spacial score (nSPS) is 21.6. The summed E-state index contributed by atoms with van der Waals surface area (Å²) in [7, 11) is 0. The first kappa shape index (κ1) is 12.9. The molecular weight excluding hydrogens is 230 g/mol. The van der Waals surface area contributed by atoms with Crippen LogP contribution in [0.3, 0.4) is 0 Å². The van der Waals surface area contributed by atoms with E-state index in [0.29, 0.717) is 5.92 Å². The molecule has 0 radical (unpaired) electrons. The topological polar surface area (TPSA) is 42.2 Å². The molecule has 3 nitrogen and oxygen atoms in total. The minimum atomic E-state index is 0. The van der Waals surface area contributed by atoms with Crippen LogP contribution in [-0.2, 0) is 6.54 Å². The van der Waals surface area contributed by atoms with E-state index in [-0.39, 0.29) is 12.4 Å². The molecule has 1 aliphatic rings. The van der Waals surface area contributed by atoms with Crippen LogP contribution in [0.5, 0.6) is 0 Å². The molecule has 2 heterocycles. The quantitative estimate of drug-likeness (QED) is 0.883. The van der Waals surface area contributed by atoms with Gasteiger partial charge >= 0.3 is 0 Å². The second kappa shape index (κ2) is 5.80. The molecule has 2 N–H and O–H groups in total. The third-order valence-electron chi connectivity index (χ3n) is 2.92. The van der Waals surface area contributed by atoms with Crippen molar-refractivity contribution in [3.63, 3.8) is 0 Å². The number of halogens is 1. The van der Waals surface area contributed by atoms with E-state index in [1.54, 1.807) is 11.3 Å². The predicted molar refractivity (Wildman–Crippen MR) is 66.5 cm³/mol. The highest BCUT2D eigenvalue weighted by molar-refractivity contribution is 7.09. The summed E-state index contributed by atoms with van der Waals surface area (Å²) in [4.78, 5) is 8.15. The van der Waals surface area contributed by atoms with Gasteiger partial charge in [-0.25, -0.2) is 4.98 Å². The third-order valence-corrected chi connectivity index (χ3v) is 3.84. The Kier molecular flexibility index (Phi) is 4.99. The van der Waals surface area contributed by atoms with Crippen molar-refractivity contribution in [3.8, 4) is 0 Å². The van der Waals surface area contributed by atoms with Gasteiger partial charge in [0.15, 0.2) is 0 Å². The Bertz CT molecular complexity index is 303. The lowest BCUT2D eigenvalue weighted by Gasteiger charge is -2.14. The van der Waals surface area contributed by atoms with Crippen molar-refractivity contribution in [1.29, 1.82) is 0 Å². The van der Waals surface area contributed by atoms with Gasteiger partial charge in [0.2, 0.25) is 0 Å². The lowest BCUT2D eigenvalue weighted by molar-refractivity contribution is 0.320. The van der Waals surface area contributed by atoms with Gasteiger partial charge in [0.1, 0.15) is 0 Å². The SMILES string of the molecule is Cc1ncsc1CN1CCC(CN)C1.Cl. The van der Waals surface area contributed by atoms with Crippen molar-refractivity contribution in [2.24, 2.45) is 11.7 Å². The fourth-order valence-electron chi connectivity index (χ4n) is 1.93. The molecular formula is C10H18ClN3S. The van der Waals surface area contributed by atoms with Crippen molar-refractivity contribution in [1.82, 2.24) is 9.88 Å². The number of thiazole rings is 1. The molecule has 1 aromatic heterocycles. The van der Waals surface area contributed by atoms with E-state index in [4.69, 9.17) is 5.73 Å². The minimum Gasteiger partial charge on any atom is -0.330 e. The van der Waals surface area contributed by atoms with Crippen LogP contribution in [0.15, 0.2) is 5.51 Å². The first-order chi connectivity index (χ1) is 6.79. The summed E-state index contributed by atoms with van der Waals surface area (Å²) in [6.07, 6.45) is 1.26. The highest BCUT2D eigenvalue weighted by Crippen LogP contribution is 2.20. The molecule has 1 fully saturated rings. The zero-order chi connectivity index (χ0) is 9.97. The smallest absolute Gasteiger partial charge is 0.0798 e. The van der Waals surface area contributed by atoms with E-state index in [1.807, 2.05) is 5.51 Å². The van der Waals surface area contributed by atoms with Crippen LogP contribution in [0.4, 0.5) is 0 Å². The van der Waals surface area contributed by atoms with Crippen LogP contribution in [0.25, 0.3) is 0 Å². The summed E-state index contributed by atoms with van der Waals surface area (Å²) >= 11 is 1.76. The number of nitrogens with zero attached hydrogens (tertiary/aromatic N) is 2. The van der Waals surface area contributed by atoms with Gasteiger partial charge in [-0.2, -0.15) is 0 Å². The maximum absolute atomic E-state index is 5.66. The molecule has 0 aromatic carbocycles. The van der Waals surface area contributed by atoms with Gasteiger partial charge in [-0.1, -0.05) is 0 Å². The summed E-state index contributed by atoms with van der Waals surface area (Å²) in [6, 6.07) is 0. The zero-order valence-electron chi connectivity index (χ0n) is 8.98. The van der Waals surface area contributed by atoms with E-state index in [2.05, 4.69) is 16.8 Å². The zero-order valence-corrected chi connectivity index (χ0v) is 10.6. The van der Waals surface area contributed by atoms with Crippen LogP contribution in [-0.4, -0.2) is 29.5 Å². The van der Waals surface area contributed by atoms with Crippen molar-refractivity contribution >= 4 is 23.7 Å². The monoisotopic (exact) mass is 247 g/mol. The van der Waals surface area contributed by atoms with Gasteiger partial charge in [-0.15, -0.1) is 23.7 Å². The number of likely N-dealkylation sites (tertiary alicyclic amines) is 1. The fraction of sp³-hybridized carbons (Fsp3) is 0.700. The molecule has 2 rings (SSSR count). The molecule has 1 aliphatic heterocycles. The van der Waals surface area contributed by atoms with Crippen LogP contribution in [0.1, 0.15) is 17.0 Å². The van der Waals surface area contributed by atoms with E-state index in [9.17, 15) is 0 Å². The number of aryl methyl sites for hydroxylation is 1. The van der Waals surface area contributed by atoms with Gasteiger partial charge < -0.3 is 5.73 Å². The summed E-state index contributed by atoms with van der Waals surface area (Å²) in [5, 5.41) is 0. The summed E-state index contributed by atoms with van der Waals surface area (Å²) in [6.45, 7) is 6.33. The van der Waals surface area contributed by atoms with Crippen molar-refractivity contribution in [2.45, 2.75) is 19.9 Å². The maximum Gasteiger partial charge on any atom is 0.0798 e. The largest absolute Gasteiger partial charge is 0.330 e. The Hall–Kier alpha value is -0.160. The van der Waals surface area contributed by atoms with Crippen LogP contribution in [0.2, 0.25) is 0 Å². The minimum absolute atomic E-state index is 0. The lowest BCUT2D eigenvalue weighted by atomic mass is 10.1. The molecule has 5 heteroatoms.